The van der Waals surface area contributed by atoms with Crippen molar-refractivity contribution >= 4 is 11.4 Å². The highest BCUT2D eigenvalue weighted by molar-refractivity contribution is 5.59. The molecular weight excluding hydrogens is 390 g/mol. The lowest BCUT2D eigenvalue weighted by Crippen LogP contribution is -2.05. The molecule has 2 N–H and O–H groups in total. The topological polar surface area (TPSA) is 32.3 Å². The van der Waals surface area contributed by atoms with Gasteiger partial charge in [0.25, 0.3) is 0 Å². The van der Waals surface area contributed by atoms with Gasteiger partial charge in [0.1, 0.15) is 0 Å². The molecule has 0 radical (unpaired) electrons. The van der Waals surface area contributed by atoms with Crippen molar-refractivity contribution < 1.29 is 5.11 Å². The molecule has 0 bridgehead atoms. The number of aliphatic hydroxyl groups excluding tert-OH is 1. The maximum Gasteiger partial charge on any atom is 0.0540 e. The van der Waals surface area contributed by atoms with Gasteiger partial charge in [0.05, 0.1) is 6.10 Å². The normalized spacial score (nSPS) is 12.1. The first-order chi connectivity index (χ1) is 15.8. The van der Waals surface area contributed by atoms with Gasteiger partial charge in [-0.3, -0.25) is 0 Å². The monoisotopic (exact) mass is 437 g/mol. The Balaban J connectivity index is 1.39. The van der Waals surface area contributed by atoms with Gasteiger partial charge in [-0.05, 0) is 55.5 Å². The molecule has 1 unspecified atom stereocenters. The van der Waals surface area contributed by atoms with Crippen LogP contribution in [0.25, 0.3) is 0 Å². The van der Waals surface area contributed by atoms with Crippen LogP contribution in [-0.2, 0) is 6.42 Å². The molecule has 2 aromatic rings. The van der Waals surface area contributed by atoms with Crippen LogP contribution in [0.4, 0.5) is 11.4 Å². The fourth-order valence-electron chi connectivity index (χ4n) is 4.34. The Kier molecular flexibility index (Phi) is 14.6. The lowest BCUT2D eigenvalue weighted by Gasteiger charge is -2.10. The maximum atomic E-state index is 10.1. The molecule has 0 aromatic heterocycles. The van der Waals surface area contributed by atoms with E-state index in [1.54, 1.807) is 0 Å². The van der Waals surface area contributed by atoms with Crippen molar-refractivity contribution in [1.29, 1.82) is 0 Å². The average molecular weight is 438 g/mol. The molecule has 0 spiro atoms. The zero-order valence-electron chi connectivity index (χ0n) is 20.5. The third kappa shape index (κ3) is 12.9. The number of hydrogen-bond acceptors (Lipinski definition) is 2. The van der Waals surface area contributed by atoms with Crippen molar-refractivity contribution in [3.8, 4) is 0 Å². The van der Waals surface area contributed by atoms with E-state index in [9.17, 15) is 5.11 Å². The minimum absolute atomic E-state index is 0.0557. The Morgan fingerprint density at radius 1 is 0.594 bits per heavy atom. The van der Waals surface area contributed by atoms with E-state index in [1.807, 2.05) is 6.07 Å². The van der Waals surface area contributed by atoms with Crippen LogP contribution in [0.5, 0.6) is 0 Å². The van der Waals surface area contributed by atoms with Crippen LogP contribution in [0.3, 0.4) is 0 Å². The minimum Gasteiger partial charge on any atom is -0.393 e. The highest BCUT2D eigenvalue weighted by Crippen LogP contribution is 2.18. The van der Waals surface area contributed by atoms with Crippen molar-refractivity contribution in [3.05, 3.63) is 60.2 Å². The van der Waals surface area contributed by atoms with E-state index in [0.717, 1.165) is 24.2 Å². The van der Waals surface area contributed by atoms with E-state index in [1.165, 1.54) is 95.5 Å². The number of unbranched alkanes of at least 4 members (excludes halogenated alkanes) is 11. The highest BCUT2D eigenvalue weighted by atomic mass is 16.3. The van der Waals surface area contributed by atoms with Gasteiger partial charge in [-0.15, -0.1) is 0 Å². The zero-order valence-corrected chi connectivity index (χ0v) is 20.5. The van der Waals surface area contributed by atoms with Crippen LogP contribution in [0.15, 0.2) is 54.6 Å². The van der Waals surface area contributed by atoms with Crippen LogP contribution in [0.1, 0.15) is 109 Å². The predicted molar refractivity (Wildman–Crippen MR) is 141 cm³/mol. The third-order valence-corrected chi connectivity index (χ3v) is 6.41. The quantitative estimate of drug-likeness (QED) is 0.215. The fourth-order valence-corrected chi connectivity index (χ4v) is 4.34. The van der Waals surface area contributed by atoms with Gasteiger partial charge in [0.2, 0.25) is 0 Å². The number of rotatable bonds is 19. The van der Waals surface area contributed by atoms with Crippen LogP contribution in [0.2, 0.25) is 0 Å². The van der Waals surface area contributed by atoms with Crippen LogP contribution in [-0.4, -0.2) is 11.2 Å². The Morgan fingerprint density at radius 2 is 1.09 bits per heavy atom. The van der Waals surface area contributed by atoms with Crippen LogP contribution in [0, 0.1) is 0 Å². The molecule has 0 fully saturated rings. The number of aryl methyl sites for hydroxylation is 1. The second-order valence-corrected chi connectivity index (χ2v) is 9.41. The van der Waals surface area contributed by atoms with E-state index in [2.05, 4.69) is 60.8 Å². The number of benzene rings is 2. The van der Waals surface area contributed by atoms with Gasteiger partial charge < -0.3 is 10.4 Å². The molecular formula is C30H47NO. The summed E-state index contributed by atoms with van der Waals surface area (Å²) in [5.41, 5.74) is 3.72. The molecule has 0 heterocycles. The molecule has 0 aliphatic rings. The SMILES string of the molecule is CCCCCCCC(O)CCCCCCCCCCc1ccc(Nc2ccccc2)cc1. The van der Waals surface area contributed by atoms with E-state index < -0.39 is 0 Å². The van der Waals surface area contributed by atoms with Crippen LogP contribution >= 0.6 is 0 Å². The fraction of sp³-hybridized carbons (Fsp3) is 0.600. The summed E-state index contributed by atoms with van der Waals surface area (Å²) in [5, 5.41) is 13.5. The molecule has 0 saturated heterocycles. The van der Waals surface area contributed by atoms with E-state index in [4.69, 9.17) is 0 Å². The van der Waals surface area contributed by atoms with E-state index >= 15 is 0 Å². The first-order valence-electron chi connectivity index (χ1n) is 13.4. The predicted octanol–water partition coefficient (Wildman–Crippen LogP) is 9.21. The maximum absolute atomic E-state index is 10.1. The number of aliphatic hydroxyl groups is 1. The van der Waals surface area contributed by atoms with Crippen molar-refractivity contribution in [3.63, 3.8) is 0 Å². The molecule has 0 aliphatic heterocycles. The molecule has 2 nitrogen and oxygen atoms in total. The second-order valence-electron chi connectivity index (χ2n) is 9.41. The van der Waals surface area contributed by atoms with E-state index in [0.29, 0.717) is 0 Å². The molecule has 0 saturated carbocycles. The summed E-state index contributed by atoms with van der Waals surface area (Å²) in [4.78, 5) is 0. The summed E-state index contributed by atoms with van der Waals surface area (Å²) in [6.45, 7) is 2.25. The largest absolute Gasteiger partial charge is 0.393 e. The average Bonchev–Trinajstić information content (AvgIpc) is 2.82. The second kappa shape index (κ2) is 17.7. The Labute approximate surface area is 197 Å². The zero-order chi connectivity index (χ0) is 22.7. The van der Waals surface area contributed by atoms with Gasteiger partial charge in [0, 0.05) is 11.4 Å². The van der Waals surface area contributed by atoms with Crippen molar-refractivity contribution in [2.75, 3.05) is 5.32 Å². The molecule has 2 aromatic carbocycles. The minimum atomic E-state index is -0.0557. The van der Waals surface area contributed by atoms with Gasteiger partial charge in [-0.2, -0.15) is 0 Å². The van der Waals surface area contributed by atoms with Gasteiger partial charge in [0.15, 0.2) is 0 Å². The smallest absolute Gasteiger partial charge is 0.0540 e. The number of nitrogens with one attached hydrogen (secondary N) is 1. The number of hydrogen-bond donors (Lipinski definition) is 2. The first-order valence-corrected chi connectivity index (χ1v) is 13.4. The summed E-state index contributed by atoms with van der Waals surface area (Å²) < 4.78 is 0. The lowest BCUT2D eigenvalue weighted by molar-refractivity contribution is 0.147. The molecule has 2 rings (SSSR count). The standard InChI is InChI=1S/C30H47NO/c1-2-3-4-9-16-21-30(32)22-17-11-8-6-5-7-10-13-18-27-23-25-29(26-24-27)31-28-19-14-12-15-20-28/h12,14-15,19-20,23-26,30-32H,2-11,13,16-18,21-22H2,1H3. The number of anilines is 2. The Morgan fingerprint density at radius 3 is 1.69 bits per heavy atom. The number of para-hydroxylation sites is 1. The molecule has 1 atom stereocenters. The Hall–Kier alpha value is -1.80. The molecule has 0 aliphatic carbocycles. The van der Waals surface area contributed by atoms with Crippen molar-refractivity contribution in [1.82, 2.24) is 0 Å². The molecule has 2 heteroatoms. The molecule has 32 heavy (non-hydrogen) atoms. The van der Waals surface area contributed by atoms with Gasteiger partial charge in [-0.1, -0.05) is 114 Å². The molecule has 178 valence electrons. The summed E-state index contributed by atoms with van der Waals surface area (Å²) in [6, 6.07) is 19.2. The van der Waals surface area contributed by atoms with Crippen molar-refractivity contribution in [2.45, 2.75) is 116 Å². The highest BCUT2D eigenvalue weighted by Gasteiger charge is 2.03. The van der Waals surface area contributed by atoms with E-state index in [-0.39, 0.29) is 6.10 Å². The summed E-state index contributed by atoms with van der Waals surface area (Å²) in [5.74, 6) is 0. The van der Waals surface area contributed by atoms with Crippen LogP contribution < -0.4 is 5.32 Å². The first kappa shape index (κ1) is 26.5. The summed E-state index contributed by atoms with van der Waals surface area (Å²) in [7, 11) is 0. The summed E-state index contributed by atoms with van der Waals surface area (Å²) in [6.07, 6.45) is 20.1. The Bertz CT molecular complexity index is 667. The lowest BCUT2D eigenvalue weighted by atomic mass is 10.0. The molecule has 0 amide bonds. The third-order valence-electron chi connectivity index (χ3n) is 6.41. The summed E-state index contributed by atoms with van der Waals surface area (Å²) >= 11 is 0. The van der Waals surface area contributed by atoms with Crippen molar-refractivity contribution in [2.24, 2.45) is 0 Å². The van der Waals surface area contributed by atoms with Gasteiger partial charge >= 0.3 is 0 Å². The van der Waals surface area contributed by atoms with Gasteiger partial charge in [-0.25, -0.2) is 0 Å².